The van der Waals surface area contributed by atoms with Crippen LogP contribution in [0, 0.1) is 6.92 Å². The van der Waals surface area contributed by atoms with E-state index >= 15 is 0 Å². The van der Waals surface area contributed by atoms with Crippen LogP contribution in [0.4, 0.5) is 0 Å². The van der Waals surface area contributed by atoms with E-state index in [9.17, 15) is 0 Å². The highest BCUT2D eigenvalue weighted by Gasteiger charge is 2.12. The Morgan fingerprint density at radius 1 is 1.50 bits per heavy atom. The van der Waals surface area contributed by atoms with E-state index in [-0.39, 0.29) is 0 Å². The number of hydrogen-bond acceptors (Lipinski definition) is 3. The lowest BCUT2D eigenvalue weighted by molar-refractivity contribution is 1.06. The van der Waals surface area contributed by atoms with Gasteiger partial charge in [0.05, 0.1) is 10.7 Å². The molecule has 2 rings (SSSR count). The molecule has 1 aliphatic heterocycles. The Balaban J connectivity index is 2.41. The third-order valence-corrected chi connectivity index (χ3v) is 3.64. The molecule has 0 fully saturated rings. The number of thiazole rings is 1. The molecule has 0 radical (unpaired) electrons. The molecule has 1 nitrogen and oxygen atoms in total. The van der Waals surface area contributed by atoms with Gasteiger partial charge in [-0.25, -0.2) is 4.98 Å². The second-order valence-corrected chi connectivity index (χ2v) is 4.80. The molecule has 1 aromatic heterocycles. The molecule has 0 bridgehead atoms. The van der Waals surface area contributed by atoms with Crippen LogP contribution in [0.25, 0.3) is 0 Å². The van der Waals surface area contributed by atoms with Gasteiger partial charge in [0.15, 0.2) is 0 Å². The van der Waals surface area contributed by atoms with Crippen molar-refractivity contribution in [2.45, 2.75) is 19.1 Å². The Morgan fingerprint density at radius 2 is 2.40 bits per heavy atom. The number of hydrogen-bond donors (Lipinski definition) is 0. The van der Waals surface area contributed by atoms with Crippen molar-refractivity contribution >= 4 is 23.1 Å². The first-order chi connectivity index (χ1) is 4.86. The average molecular weight is 171 g/mol. The lowest BCUT2D eigenvalue weighted by Crippen LogP contribution is -1.98. The zero-order valence-corrected chi connectivity index (χ0v) is 7.52. The third-order valence-electron chi connectivity index (χ3n) is 1.60. The predicted octanol–water partition coefficient (Wildman–Crippen LogP) is 2.24. The van der Waals surface area contributed by atoms with Crippen LogP contribution in [0.5, 0.6) is 0 Å². The van der Waals surface area contributed by atoms with Gasteiger partial charge < -0.3 is 0 Å². The first kappa shape index (κ1) is 6.68. The molecule has 0 aliphatic carbocycles. The van der Waals surface area contributed by atoms with Gasteiger partial charge in [-0.1, -0.05) is 0 Å². The summed E-state index contributed by atoms with van der Waals surface area (Å²) in [7, 11) is 0. The number of thioether (sulfide) groups is 1. The van der Waals surface area contributed by atoms with Gasteiger partial charge in [0.2, 0.25) is 0 Å². The van der Waals surface area contributed by atoms with Crippen molar-refractivity contribution in [3.63, 3.8) is 0 Å². The smallest absolute Gasteiger partial charge is 0.0900 e. The fourth-order valence-corrected chi connectivity index (χ4v) is 3.25. The molecule has 0 saturated carbocycles. The minimum absolute atomic E-state index is 1.14. The molecule has 0 unspecified atom stereocenters. The molecule has 0 spiro atoms. The van der Waals surface area contributed by atoms with Crippen molar-refractivity contribution in [1.82, 2.24) is 4.98 Å². The molecule has 54 valence electrons. The number of aromatic nitrogens is 1. The summed E-state index contributed by atoms with van der Waals surface area (Å²) in [4.78, 5) is 5.97. The van der Waals surface area contributed by atoms with E-state index in [1.165, 1.54) is 27.8 Å². The predicted molar refractivity (Wildman–Crippen MR) is 46.7 cm³/mol. The monoisotopic (exact) mass is 171 g/mol. The lowest BCUT2D eigenvalue weighted by atomic mass is 10.3. The molecule has 2 heterocycles. The maximum atomic E-state index is 4.45. The molecule has 0 N–H and O–H groups in total. The topological polar surface area (TPSA) is 12.9 Å². The molecule has 0 amide bonds. The summed E-state index contributed by atoms with van der Waals surface area (Å²) in [5.74, 6) is 2.42. The van der Waals surface area contributed by atoms with Crippen molar-refractivity contribution in [2.24, 2.45) is 0 Å². The summed E-state index contributed by atoms with van der Waals surface area (Å²) >= 11 is 3.86. The van der Waals surface area contributed by atoms with Gasteiger partial charge >= 0.3 is 0 Å². The molecule has 0 saturated heterocycles. The number of nitrogens with zero attached hydrogens (tertiary/aromatic N) is 1. The van der Waals surface area contributed by atoms with E-state index in [0.29, 0.717) is 0 Å². The van der Waals surface area contributed by atoms with Crippen molar-refractivity contribution in [2.75, 3.05) is 5.75 Å². The Kier molecular flexibility index (Phi) is 1.70. The second-order valence-electron chi connectivity index (χ2n) is 2.41. The van der Waals surface area contributed by atoms with Crippen LogP contribution in [-0.2, 0) is 12.2 Å². The lowest BCUT2D eigenvalue weighted by Gasteiger charge is -2.06. The SMILES string of the molecule is Cc1nc2c(s1)CCSC2. The molecule has 1 aliphatic rings. The van der Waals surface area contributed by atoms with Crippen LogP contribution >= 0.6 is 23.1 Å². The minimum atomic E-state index is 1.14. The Morgan fingerprint density at radius 3 is 3.20 bits per heavy atom. The van der Waals surface area contributed by atoms with Gasteiger partial charge in [-0.2, -0.15) is 11.8 Å². The fourth-order valence-electron chi connectivity index (χ4n) is 1.15. The molecule has 0 aromatic carbocycles. The molecule has 10 heavy (non-hydrogen) atoms. The van der Waals surface area contributed by atoms with E-state index < -0.39 is 0 Å². The number of rotatable bonds is 0. The molecule has 0 atom stereocenters. The van der Waals surface area contributed by atoms with Crippen LogP contribution in [0.1, 0.15) is 15.6 Å². The van der Waals surface area contributed by atoms with Crippen LogP contribution in [0.2, 0.25) is 0 Å². The third kappa shape index (κ3) is 1.08. The number of fused-ring (bicyclic) bond motifs is 1. The highest BCUT2D eigenvalue weighted by atomic mass is 32.2. The van der Waals surface area contributed by atoms with Crippen LogP contribution in [0.15, 0.2) is 0 Å². The van der Waals surface area contributed by atoms with Crippen molar-refractivity contribution < 1.29 is 0 Å². The Hall–Kier alpha value is -0.0200. The normalized spacial score (nSPS) is 16.9. The summed E-state index contributed by atoms with van der Waals surface area (Å²) in [5, 5.41) is 1.23. The summed E-state index contributed by atoms with van der Waals surface area (Å²) in [5.41, 5.74) is 1.35. The van der Waals surface area contributed by atoms with Gasteiger partial charge in [0.1, 0.15) is 0 Å². The average Bonchev–Trinajstić information content (AvgIpc) is 2.27. The molecular weight excluding hydrogens is 162 g/mol. The van der Waals surface area contributed by atoms with Gasteiger partial charge in [-0.05, 0) is 19.1 Å². The zero-order chi connectivity index (χ0) is 6.97. The quantitative estimate of drug-likeness (QED) is 0.594. The largest absolute Gasteiger partial charge is 0.245 e. The molecule has 1 aromatic rings. The van der Waals surface area contributed by atoms with E-state index in [0.717, 1.165) is 5.75 Å². The van der Waals surface area contributed by atoms with Crippen LogP contribution in [-0.4, -0.2) is 10.7 Å². The second kappa shape index (κ2) is 2.55. The zero-order valence-electron chi connectivity index (χ0n) is 5.89. The van der Waals surface area contributed by atoms with Crippen molar-refractivity contribution in [3.8, 4) is 0 Å². The molecular formula is C7H9NS2. The fraction of sp³-hybridized carbons (Fsp3) is 0.571. The first-order valence-electron chi connectivity index (χ1n) is 3.39. The maximum absolute atomic E-state index is 4.45. The Labute approximate surface area is 68.9 Å². The number of aryl methyl sites for hydroxylation is 2. The van der Waals surface area contributed by atoms with E-state index in [1.807, 2.05) is 23.1 Å². The Bertz CT molecular complexity index is 218. The van der Waals surface area contributed by atoms with Gasteiger partial charge in [-0.15, -0.1) is 11.3 Å². The van der Waals surface area contributed by atoms with Crippen molar-refractivity contribution in [1.29, 1.82) is 0 Å². The van der Waals surface area contributed by atoms with E-state index in [2.05, 4.69) is 11.9 Å². The summed E-state index contributed by atoms with van der Waals surface area (Å²) in [6.07, 6.45) is 1.24. The summed E-state index contributed by atoms with van der Waals surface area (Å²) in [6, 6.07) is 0. The van der Waals surface area contributed by atoms with Gasteiger partial charge in [-0.3, -0.25) is 0 Å². The van der Waals surface area contributed by atoms with E-state index in [1.54, 1.807) is 0 Å². The summed E-state index contributed by atoms with van der Waals surface area (Å²) < 4.78 is 0. The standard InChI is InChI=1S/C7H9NS2/c1-5-8-6-4-9-3-2-7(6)10-5/h2-4H2,1H3. The van der Waals surface area contributed by atoms with E-state index in [4.69, 9.17) is 0 Å². The van der Waals surface area contributed by atoms with Gasteiger partial charge in [0.25, 0.3) is 0 Å². The van der Waals surface area contributed by atoms with Gasteiger partial charge in [0, 0.05) is 10.6 Å². The maximum Gasteiger partial charge on any atom is 0.0900 e. The highest BCUT2D eigenvalue weighted by molar-refractivity contribution is 7.98. The van der Waals surface area contributed by atoms with Crippen LogP contribution < -0.4 is 0 Å². The summed E-state index contributed by atoms with van der Waals surface area (Å²) in [6.45, 7) is 2.09. The first-order valence-corrected chi connectivity index (χ1v) is 5.36. The van der Waals surface area contributed by atoms with Crippen molar-refractivity contribution in [3.05, 3.63) is 15.6 Å². The molecule has 3 heteroatoms. The van der Waals surface area contributed by atoms with Crippen LogP contribution in [0.3, 0.4) is 0 Å². The highest BCUT2D eigenvalue weighted by Crippen LogP contribution is 2.28. The minimum Gasteiger partial charge on any atom is -0.245 e.